The number of carbonyl (C=O) groups is 1. The van der Waals surface area contributed by atoms with Gasteiger partial charge in [0.1, 0.15) is 5.76 Å². The predicted molar refractivity (Wildman–Crippen MR) is 79.9 cm³/mol. The summed E-state index contributed by atoms with van der Waals surface area (Å²) in [5, 5.41) is 2.72. The molecule has 0 aromatic carbocycles. The monoisotopic (exact) mass is 314 g/mol. The maximum absolute atomic E-state index is 12.0. The number of sulfone groups is 1. The lowest BCUT2D eigenvalue weighted by molar-refractivity contribution is 0.0909. The minimum absolute atomic E-state index is 0.0196. The molecule has 0 aliphatic carbocycles. The summed E-state index contributed by atoms with van der Waals surface area (Å²) >= 11 is 0. The van der Waals surface area contributed by atoms with Crippen LogP contribution in [0.4, 0.5) is 0 Å². The summed E-state index contributed by atoms with van der Waals surface area (Å²) in [5.74, 6) is 0.793. The smallest absolute Gasteiger partial charge is 0.287 e. The second kappa shape index (κ2) is 6.62. The topological polar surface area (TPSA) is 79.6 Å². The van der Waals surface area contributed by atoms with E-state index in [0.717, 1.165) is 18.8 Å². The van der Waals surface area contributed by atoms with Crippen molar-refractivity contribution in [3.8, 4) is 0 Å². The number of carbonyl (C=O) groups excluding carboxylic acids is 1. The Hall–Kier alpha value is -1.34. The molecule has 6 nitrogen and oxygen atoms in total. The van der Waals surface area contributed by atoms with Crippen LogP contribution in [0.3, 0.4) is 0 Å². The highest BCUT2D eigenvalue weighted by molar-refractivity contribution is 7.91. The van der Waals surface area contributed by atoms with Gasteiger partial charge in [0, 0.05) is 6.04 Å². The molecule has 0 saturated carbocycles. The summed E-state index contributed by atoms with van der Waals surface area (Å²) in [7, 11) is -2.99. The van der Waals surface area contributed by atoms with Crippen LogP contribution >= 0.6 is 0 Å². The molecule has 118 valence electrons. The lowest BCUT2D eigenvalue weighted by atomic mass is 10.2. The van der Waals surface area contributed by atoms with Crippen molar-refractivity contribution >= 4 is 15.7 Å². The van der Waals surface area contributed by atoms with E-state index in [1.807, 2.05) is 0 Å². The number of hydrogen-bond acceptors (Lipinski definition) is 5. The maximum atomic E-state index is 12.0. The molecular formula is C14H22N2O4S. The minimum atomic E-state index is -2.99. The number of rotatable bonds is 6. The molecule has 1 aliphatic heterocycles. The summed E-state index contributed by atoms with van der Waals surface area (Å²) in [4.78, 5) is 14.2. The van der Waals surface area contributed by atoms with Crippen molar-refractivity contribution in [2.75, 3.05) is 24.6 Å². The van der Waals surface area contributed by atoms with Gasteiger partial charge in [-0.2, -0.15) is 0 Å². The van der Waals surface area contributed by atoms with Gasteiger partial charge in [0.15, 0.2) is 15.6 Å². The molecule has 0 unspecified atom stereocenters. The van der Waals surface area contributed by atoms with Crippen molar-refractivity contribution in [1.29, 1.82) is 0 Å². The van der Waals surface area contributed by atoms with Crippen LogP contribution in [0.2, 0.25) is 0 Å². The first kappa shape index (κ1) is 16.0. The lowest BCUT2D eigenvalue weighted by Crippen LogP contribution is -2.35. The first-order chi connectivity index (χ1) is 9.93. The summed E-state index contributed by atoms with van der Waals surface area (Å²) in [6.45, 7) is 6.64. The third-order valence-electron chi connectivity index (χ3n) is 3.73. The average molecular weight is 314 g/mol. The quantitative estimate of drug-likeness (QED) is 0.848. The van der Waals surface area contributed by atoms with Crippen molar-refractivity contribution in [3.05, 3.63) is 23.7 Å². The van der Waals surface area contributed by atoms with Gasteiger partial charge in [0.25, 0.3) is 5.91 Å². The van der Waals surface area contributed by atoms with E-state index in [1.165, 1.54) is 0 Å². The summed E-state index contributed by atoms with van der Waals surface area (Å²) in [6.07, 6.45) is 0.473. The molecule has 2 rings (SSSR count). The molecule has 1 atom stereocenters. The minimum Gasteiger partial charge on any atom is -0.455 e. The lowest BCUT2D eigenvalue weighted by Gasteiger charge is -2.15. The van der Waals surface area contributed by atoms with Crippen LogP contribution in [-0.2, 0) is 16.4 Å². The van der Waals surface area contributed by atoms with Crippen LogP contribution < -0.4 is 5.32 Å². The van der Waals surface area contributed by atoms with Gasteiger partial charge in [-0.25, -0.2) is 8.42 Å². The van der Waals surface area contributed by atoms with Crippen molar-refractivity contribution in [3.63, 3.8) is 0 Å². The van der Waals surface area contributed by atoms with Gasteiger partial charge in [-0.3, -0.25) is 9.69 Å². The molecule has 1 aromatic rings. The Morgan fingerprint density at radius 3 is 2.67 bits per heavy atom. The molecule has 21 heavy (non-hydrogen) atoms. The van der Waals surface area contributed by atoms with Crippen molar-refractivity contribution in [1.82, 2.24) is 10.2 Å². The Labute approximate surface area is 125 Å². The highest BCUT2D eigenvalue weighted by Gasteiger charge is 2.29. The van der Waals surface area contributed by atoms with E-state index >= 15 is 0 Å². The third-order valence-corrected chi connectivity index (χ3v) is 5.49. The maximum Gasteiger partial charge on any atom is 0.287 e. The van der Waals surface area contributed by atoms with Crippen LogP contribution in [0.25, 0.3) is 0 Å². The summed E-state index contributed by atoms with van der Waals surface area (Å²) in [6, 6.07) is 3.12. The standard InChI is InChI=1S/C14H22N2O4S/c1-3-16(4-2)9-12-5-6-13(20-12)14(17)15-11-7-8-21(18,19)10-11/h5-6,11H,3-4,7-10H2,1-2H3,(H,15,17)/t11-/m0/s1. The molecule has 1 N–H and O–H groups in total. The van der Waals surface area contributed by atoms with Crippen molar-refractivity contribution < 1.29 is 17.6 Å². The molecule has 7 heteroatoms. The van der Waals surface area contributed by atoms with Crippen LogP contribution in [0.1, 0.15) is 36.6 Å². The first-order valence-corrected chi connectivity index (χ1v) is 9.08. The van der Waals surface area contributed by atoms with E-state index in [4.69, 9.17) is 4.42 Å². The zero-order chi connectivity index (χ0) is 15.5. The highest BCUT2D eigenvalue weighted by Crippen LogP contribution is 2.14. The number of nitrogens with zero attached hydrogens (tertiary/aromatic N) is 1. The largest absolute Gasteiger partial charge is 0.455 e. The average Bonchev–Trinajstić information content (AvgIpc) is 3.02. The molecule has 1 saturated heterocycles. The fraction of sp³-hybridized carbons (Fsp3) is 0.643. The van der Waals surface area contributed by atoms with Gasteiger partial charge in [0.2, 0.25) is 0 Å². The van der Waals surface area contributed by atoms with Crippen LogP contribution in [0.5, 0.6) is 0 Å². The van der Waals surface area contributed by atoms with Crippen LogP contribution in [0, 0.1) is 0 Å². The predicted octanol–water partition coefficient (Wildman–Crippen LogP) is 1.04. The SMILES string of the molecule is CCN(CC)Cc1ccc(C(=O)N[C@H]2CCS(=O)(=O)C2)o1. The van der Waals surface area contributed by atoms with E-state index in [2.05, 4.69) is 24.1 Å². The molecular weight excluding hydrogens is 292 g/mol. The third kappa shape index (κ3) is 4.31. The second-order valence-corrected chi connectivity index (χ2v) is 7.53. The van der Waals surface area contributed by atoms with E-state index < -0.39 is 9.84 Å². The first-order valence-electron chi connectivity index (χ1n) is 7.26. The molecule has 1 fully saturated rings. The summed E-state index contributed by atoms with van der Waals surface area (Å²) in [5.41, 5.74) is 0. The van der Waals surface area contributed by atoms with Gasteiger partial charge >= 0.3 is 0 Å². The Bertz CT molecular complexity index is 590. The summed E-state index contributed by atoms with van der Waals surface area (Å²) < 4.78 is 28.3. The zero-order valence-electron chi connectivity index (χ0n) is 12.5. The van der Waals surface area contributed by atoms with Gasteiger partial charge in [-0.1, -0.05) is 13.8 Å². The van der Waals surface area contributed by atoms with Gasteiger partial charge in [0.05, 0.1) is 18.1 Å². The molecule has 0 spiro atoms. The Morgan fingerprint density at radius 2 is 2.10 bits per heavy atom. The van der Waals surface area contributed by atoms with E-state index in [0.29, 0.717) is 13.0 Å². The van der Waals surface area contributed by atoms with E-state index in [-0.39, 0.29) is 29.2 Å². The van der Waals surface area contributed by atoms with E-state index in [9.17, 15) is 13.2 Å². The normalized spacial score (nSPS) is 20.8. The highest BCUT2D eigenvalue weighted by atomic mass is 32.2. The van der Waals surface area contributed by atoms with Crippen molar-refractivity contribution in [2.45, 2.75) is 32.9 Å². The van der Waals surface area contributed by atoms with Gasteiger partial charge < -0.3 is 9.73 Å². The Morgan fingerprint density at radius 1 is 1.38 bits per heavy atom. The zero-order valence-corrected chi connectivity index (χ0v) is 13.3. The van der Waals surface area contributed by atoms with Crippen LogP contribution in [-0.4, -0.2) is 49.9 Å². The molecule has 1 amide bonds. The second-order valence-electron chi connectivity index (χ2n) is 5.30. The molecule has 1 aromatic heterocycles. The Balaban J connectivity index is 1.93. The molecule has 0 radical (unpaired) electrons. The van der Waals surface area contributed by atoms with Gasteiger partial charge in [-0.15, -0.1) is 0 Å². The number of nitrogens with one attached hydrogen (secondary N) is 1. The fourth-order valence-corrected chi connectivity index (χ4v) is 4.09. The van der Waals surface area contributed by atoms with E-state index in [1.54, 1.807) is 12.1 Å². The molecule has 0 bridgehead atoms. The number of hydrogen-bond donors (Lipinski definition) is 1. The number of amides is 1. The molecule has 1 aliphatic rings. The van der Waals surface area contributed by atoms with Gasteiger partial charge in [-0.05, 0) is 31.6 Å². The fourth-order valence-electron chi connectivity index (χ4n) is 2.42. The Kier molecular flexibility index (Phi) is 5.05. The molecule has 2 heterocycles. The number of furan rings is 1. The van der Waals surface area contributed by atoms with Crippen LogP contribution in [0.15, 0.2) is 16.5 Å². The van der Waals surface area contributed by atoms with Crippen molar-refractivity contribution in [2.24, 2.45) is 0 Å².